The van der Waals surface area contributed by atoms with Crippen LogP contribution in [0, 0.1) is 0 Å². The van der Waals surface area contributed by atoms with Crippen molar-refractivity contribution in [3.05, 3.63) is 40.2 Å². The van der Waals surface area contributed by atoms with Crippen LogP contribution >= 0.6 is 11.8 Å². The highest BCUT2D eigenvalue weighted by Crippen LogP contribution is 2.23. The number of hydrogen-bond donors (Lipinski definition) is 1. The van der Waals surface area contributed by atoms with Crippen LogP contribution in [0.1, 0.15) is 31.2 Å². The van der Waals surface area contributed by atoms with Crippen LogP contribution in [0.15, 0.2) is 34.0 Å². The first-order valence-corrected chi connectivity index (χ1v) is 10.6. The van der Waals surface area contributed by atoms with Crippen molar-refractivity contribution in [1.82, 2.24) is 14.8 Å². The normalized spacial score (nSPS) is 20.5. The molecule has 25 heavy (non-hydrogen) atoms. The maximum Gasteiger partial charge on any atom is 0.252 e. The summed E-state index contributed by atoms with van der Waals surface area (Å²) in [7, 11) is 0. The summed E-state index contributed by atoms with van der Waals surface area (Å²) in [6.07, 6.45) is 7.26. The quantitative estimate of drug-likeness (QED) is 0.852. The topological polar surface area (TPSA) is 39.3 Å². The van der Waals surface area contributed by atoms with Crippen molar-refractivity contribution in [1.29, 1.82) is 0 Å². The molecule has 2 aromatic rings. The van der Waals surface area contributed by atoms with E-state index in [0.29, 0.717) is 0 Å². The minimum atomic E-state index is 0.0624. The average molecular weight is 358 g/mol. The van der Waals surface area contributed by atoms with Crippen molar-refractivity contribution in [2.24, 2.45) is 0 Å². The number of H-pyrrole nitrogens is 1. The molecular formula is C20H27N3OS. The second kappa shape index (κ2) is 7.52. The molecule has 0 spiro atoms. The zero-order chi connectivity index (χ0) is 17.2. The number of pyridine rings is 1. The molecule has 0 atom stereocenters. The van der Waals surface area contributed by atoms with Crippen LogP contribution in [-0.2, 0) is 6.54 Å². The van der Waals surface area contributed by atoms with Crippen LogP contribution in [0.2, 0.25) is 0 Å². The second-order valence-electron chi connectivity index (χ2n) is 7.33. The van der Waals surface area contributed by atoms with Crippen molar-refractivity contribution in [3.8, 4) is 0 Å². The third kappa shape index (κ3) is 3.78. The molecule has 5 heteroatoms. The lowest BCUT2D eigenvalue weighted by atomic mass is 10.0. The SMILES string of the molecule is CSc1ccc2cc(CN3CCC(N4CCCC4)CC3)c(=O)[nH]c2c1. The first kappa shape index (κ1) is 17.1. The number of benzene rings is 1. The van der Waals surface area contributed by atoms with Gasteiger partial charge in [0.15, 0.2) is 0 Å². The third-order valence-electron chi connectivity index (χ3n) is 5.74. The molecule has 4 rings (SSSR count). The number of aromatic nitrogens is 1. The summed E-state index contributed by atoms with van der Waals surface area (Å²) in [5, 5.41) is 1.12. The van der Waals surface area contributed by atoms with E-state index in [2.05, 4.69) is 45.3 Å². The zero-order valence-corrected chi connectivity index (χ0v) is 15.8. The first-order chi connectivity index (χ1) is 12.2. The molecular weight excluding hydrogens is 330 g/mol. The summed E-state index contributed by atoms with van der Waals surface area (Å²) in [6, 6.07) is 9.13. The van der Waals surface area contributed by atoms with Crippen molar-refractivity contribution >= 4 is 22.7 Å². The first-order valence-electron chi connectivity index (χ1n) is 9.39. The van der Waals surface area contributed by atoms with Crippen LogP contribution in [0.5, 0.6) is 0 Å². The Hall–Kier alpha value is -1.30. The largest absolute Gasteiger partial charge is 0.322 e. The molecule has 4 nitrogen and oxygen atoms in total. The summed E-state index contributed by atoms with van der Waals surface area (Å²) in [4.78, 5) is 21.8. The van der Waals surface area contributed by atoms with Gasteiger partial charge in [0.2, 0.25) is 0 Å². The predicted molar refractivity (Wildman–Crippen MR) is 105 cm³/mol. The number of fused-ring (bicyclic) bond motifs is 1. The number of hydrogen-bond acceptors (Lipinski definition) is 4. The summed E-state index contributed by atoms with van der Waals surface area (Å²) >= 11 is 1.70. The molecule has 0 bridgehead atoms. The van der Waals surface area contributed by atoms with Crippen molar-refractivity contribution in [2.45, 2.75) is 43.2 Å². The molecule has 0 unspecified atom stereocenters. The van der Waals surface area contributed by atoms with E-state index in [1.165, 1.54) is 43.7 Å². The summed E-state index contributed by atoms with van der Waals surface area (Å²) in [5.41, 5.74) is 1.89. The highest BCUT2D eigenvalue weighted by molar-refractivity contribution is 7.98. The maximum atomic E-state index is 12.5. The van der Waals surface area contributed by atoms with Crippen molar-refractivity contribution in [3.63, 3.8) is 0 Å². The Kier molecular flexibility index (Phi) is 5.15. The highest BCUT2D eigenvalue weighted by Gasteiger charge is 2.26. The molecule has 1 N–H and O–H groups in total. The van der Waals surface area contributed by atoms with Gasteiger partial charge < -0.3 is 9.88 Å². The Labute approximate surface area is 153 Å². The smallest absolute Gasteiger partial charge is 0.252 e. The van der Waals surface area contributed by atoms with Gasteiger partial charge in [-0.3, -0.25) is 9.69 Å². The number of thioether (sulfide) groups is 1. The van der Waals surface area contributed by atoms with Gasteiger partial charge in [0.1, 0.15) is 0 Å². The standard InChI is InChI=1S/C20H27N3OS/c1-25-18-5-4-15-12-16(20(24)21-19(15)13-18)14-22-10-6-17(7-11-22)23-8-2-3-9-23/h4-5,12-13,17H,2-3,6-11,14H2,1H3,(H,21,24). The van der Waals surface area contributed by atoms with Crippen molar-refractivity contribution < 1.29 is 0 Å². The van der Waals surface area contributed by atoms with Gasteiger partial charge in [-0.25, -0.2) is 0 Å². The van der Waals surface area contributed by atoms with E-state index in [9.17, 15) is 4.79 Å². The average Bonchev–Trinajstić information content (AvgIpc) is 3.17. The molecule has 0 radical (unpaired) electrons. The van der Waals surface area contributed by atoms with Gasteiger partial charge in [-0.05, 0) is 81.7 Å². The molecule has 2 saturated heterocycles. The number of piperidine rings is 1. The number of nitrogens with one attached hydrogen (secondary N) is 1. The molecule has 134 valence electrons. The van der Waals surface area contributed by atoms with E-state index in [0.717, 1.165) is 42.1 Å². The Bertz CT molecular complexity index is 789. The number of likely N-dealkylation sites (tertiary alicyclic amines) is 2. The number of rotatable bonds is 4. The fourth-order valence-electron chi connectivity index (χ4n) is 4.26. The Morgan fingerprint density at radius 1 is 1.12 bits per heavy atom. The van der Waals surface area contributed by atoms with E-state index in [4.69, 9.17) is 0 Å². The van der Waals surface area contributed by atoms with Crippen LogP contribution in [0.3, 0.4) is 0 Å². The zero-order valence-electron chi connectivity index (χ0n) is 15.0. The second-order valence-corrected chi connectivity index (χ2v) is 8.21. The molecule has 0 saturated carbocycles. The monoisotopic (exact) mass is 357 g/mol. The van der Waals surface area contributed by atoms with E-state index < -0.39 is 0 Å². The maximum absolute atomic E-state index is 12.5. The molecule has 1 aromatic heterocycles. The van der Waals surface area contributed by atoms with Gasteiger partial charge in [0.25, 0.3) is 5.56 Å². The van der Waals surface area contributed by atoms with Gasteiger partial charge in [0, 0.05) is 28.6 Å². The lowest BCUT2D eigenvalue weighted by Crippen LogP contribution is -2.43. The van der Waals surface area contributed by atoms with Gasteiger partial charge >= 0.3 is 0 Å². The molecule has 0 aliphatic carbocycles. The number of aromatic amines is 1. The van der Waals surface area contributed by atoms with Gasteiger partial charge in [-0.15, -0.1) is 11.8 Å². The van der Waals surface area contributed by atoms with E-state index >= 15 is 0 Å². The van der Waals surface area contributed by atoms with Gasteiger partial charge in [0.05, 0.1) is 0 Å². The predicted octanol–water partition coefficient (Wildman–Crippen LogP) is 3.31. The fraction of sp³-hybridized carbons (Fsp3) is 0.550. The Balaban J connectivity index is 1.44. The summed E-state index contributed by atoms with van der Waals surface area (Å²) < 4.78 is 0. The van der Waals surface area contributed by atoms with E-state index in [1.54, 1.807) is 11.8 Å². The van der Waals surface area contributed by atoms with Crippen molar-refractivity contribution in [2.75, 3.05) is 32.4 Å². The van der Waals surface area contributed by atoms with Gasteiger partial charge in [-0.2, -0.15) is 0 Å². The molecule has 1 aromatic carbocycles. The Morgan fingerprint density at radius 3 is 2.60 bits per heavy atom. The molecule has 2 aliphatic rings. The van der Waals surface area contributed by atoms with Crippen LogP contribution in [-0.4, -0.2) is 53.3 Å². The fourth-order valence-corrected chi connectivity index (χ4v) is 4.70. The minimum Gasteiger partial charge on any atom is -0.322 e. The lowest BCUT2D eigenvalue weighted by molar-refractivity contribution is 0.122. The number of nitrogens with zero attached hydrogens (tertiary/aromatic N) is 2. The van der Waals surface area contributed by atoms with Crippen LogP contribution in [0.4, 0.5) is 0 Å². The van der Waals surface area contributed by atoms with E-state index in [1.807, 2.05) is 0 Å². The lowest BCUT2D eigenvalue weighted by Gasteiger charge is -2.36. The molecule has 3 heterocycles. The third-order valence-corrected chi connectivity index (χ3v) is 6.46. The molecule has 0 amide bonds. The van der Waals surface area contributed by atoms with Crippen LogP contribution in [0.25, 0.3) is 10.9 Å². The molecule has 2 aliphatic heterocycles. The van der Waals surface area contributed by atoms with Gasteiger partial charge in [-0.1, -0.05) is 6.07 Å². The summed E-state index contributed by atoms with van der Waals surface area (Å²) in [6.45, 7) is 5.54. The summed E-state index contributed by atoms with van der Waals surface area (Å²) in [5.74, 6) is 0. The Morgan fingerprint density at radius 2 is 1.88 bits per heavy atom. The highest BCUT2D eigenvalue weighted by atomic mass is 32.2. The van der Waals surface area contributed by atoms with E-state index in [-0.39, 0.29) is 5.56 Å². The van der Waals surface area contributed by atoms with Crippen LogP contribution < -0.4 is 5.56 Å². The minimum absolute atomic E-state index is 0.0624. The molecule has 2 fully saturated rings.